The maximum atomic E-state index is 9.64. The van der Waals surface area contributed by atoms with Crippen LogP contribution < -0.4 is 5.32 Å². The summed E-state index contributed by atoms with van der Waals surface area (Å²) in [5.41, 5.74) is 6.25. The highest BCUT2D eigenvalue weighted by Crippen LogP contribution is 2.35. The molecule has 110 valence electrons. The molecule has 0 saturated heterocycles. The van der Waals surface area contributed by atoms with Gasteiger partial charge in [0.15, 0.2) is 0 Å². The van der Waals surface area contributed by atoms with E-state index in [2.05, 4.69) is 53.3 Å². The van der Waals surface area contributed by atoms with Gasteiger partial charge < -0.3 is 10.4 Å². The third-order valence-electron chi connectivity index (χ3n) is 4.22. The van der Waals surface area contributed by atoms with Gasteiger partial charge in [0.25, 0.3) is 0 Å². The van der Waals surface area contributed by atoms with Crippen LogP contribution in [0, 0.1) is 13.8 Å². The summed E-state index contributed by atoms with van der Waals surface area (Å²) in [5, 5.41) is 13.3. The van der Waals surface area contributed by atoms with Crippen LogP contribution in [0.5, 0.6) is 5.75 Å². The first-order valence-corrected chi connectivity index (χ1v) is 8.19. The summed E-state index contributed by atoms with van der Waals surface area (Å²) in [6, 6.07) is 10.4. The molecule has 3 rings (SSSR count). The molecule has 0 aliphatic heterocycles. The van der Waals surface area contributed by atoms with Crippen LogP contribution in [0.3, 0.4) is 0 Å². The van der Waals surface area contributed by atoms with E-state index in [9.17, 15) is 5.11 Å². The van der Waals surface area contributed by atoms with Crippen LogP contribution in [-0.4, -0.2) is 5.11 Å². The SMILES string of the molecule is Cc1cc(NC2CCCc3cc(O)ccc32)cc(C)c1Br. The molecule has 0 saturated carbocycles. The number of rotatable bonds is 2. The van der Waals surface area contributed by atoms with Crippen LogP contribution in [0.25, 0.3) is 0 Å². The van der Waals surface area contributed by atoms with Gasteiger partial charge in [-0.05, 0) is 79.6 Å². The zero-order valence-corrected chi connectivity index (χ0v) is 14.0. The summed E-state index contributed by atoms with van der Waals surface area (Å²) in [4.78, 5) is 0. The Morgan fingerprint density at radius 1 is 1.14 bits per heavy atom. The Kier molecular flexibility index (Phi) is 3.94. The van der Waals surface area contributed by atoms with Crippen LogP contribution in [0.2, 0.25) is 0 Å². The fraction of sp³-hybridized carbons (Fsp3) is 0.333. The van der Waals surface area contributed by atoms with Crippen molar-refractivity contribution in [3.8, 4) is 5.75 Å². The second-order valence-electron chi connectivity index (χ2n) is 5.90. The quantitative estimate of drug-likeness (QED) is 0.777. The number of nitrogens with one attached hydrogen (secondary N) is 1. The van der Waals surface area contributed by atoms with Crippen LogP contribution in [0.4, 0.5) is 5.69 Å². The highest BCUT2D eigenvalue weighted by molar-refractivity contribution is 9.10. The number of benzene rings is 2. The highest BCUT2D eigenvalue weighted by atomic mass is 79.9. The van der Waals surface area contributed by atoms with E-state index in [1.165, 1.54) is 32.4 Å². The van der Waals surface area contributed by atoms with Gasteiger partial charge in [-0.1, -0.05) is 22.0 Å². The molecule has 0 fully saturated rings. The van der Waals surface area contributed by atoms with Crippen molar-refractivity contribution >= 4 is 21.6 Å². The van der Waals surface area contributed by atoms with Crippen molar-refractivity contribution in [3.05, 3.63) is 57.1 Å². The first kappa shape index (κ1) is 14.5. The lowest BCUT2D eigenvalue weighted by Crippen LogP contribution is -2.17. The van der Waals surface area contributed by atoms with E-state index in [1.807, 2.05) is 6.07 Å². The molecule has 21 heavy (non-hydrogen) atoms. The van der Waals surface area contributed by atoms with Gasteiger partial charge in [0.1, 0.15) is 5.75 Å². The van der Waals surface area contributed by atoms with Gasteiger partial charge in [-0.2, -0.15) is 0 Å². The maximum absolute atomic E-state index is 9.64. The Bertz CT molecular complexity index is 658. The van der Waals surface area contributed by atoms with Crippen molar-refractivity contribution in [2.45, 2.75) is 39.2 Å². The summed E-state index contributed by atoms with van der Waals surface area (Å²) in [6.45, 7) is 4.24. The number of aromatic hydroxyl groups is 1. The predicted octanol–water partition coefficient (Wildman–Crippen LogP) is 5.26. The standard InChI is InChI=1S/C18H20BrNO/c1-11-8-14(9-12(2)18(11)19)20-17-5-3-4-13-10-15(21)6-7-16(13)17/h6-10,17,20-21H,3-5H2,1-2H3. The van der Waals surface area contributed by atoms with E-state index in [0.717, 1.165) is 19.3 Å². The topological polar surface area (TPSA) is 32.3 Å². The van der Waals surface area contributed by atoms with E-state index in [0.29, 0.717) is 11.8 Å². The minimum atomic E-state index is 0.328. The number of halogens is 1. The number of fused-ring (bicyclic) bond motifs is 1. The predicted molar refractivity (Wildman–Crippen MR) is 91.0 cm³/mol. The van der Waals surface area contributed by atoms with Gasteiger partial charge in [0, 0.05) is 10.2 Å². The van der Waals surface area contributed by atoms with Crippen LogP contribution in [-0.2, 0) is 6.42 Å². The molecule has 0 bridgehead atoms. The molecule has 2 nitrogen and oxygen atoms in total. The Morgan fingerprint density at radius 2 is 1.86 bits per heavy atom. The Morgan fingerprint density at radius 3 is 2.57 bits per heavy atom. The minimum Gasteiger partial charge on any atom is -0.508 e. The monoisotopic (exact) mass is 345 g/mol. The Hall–Kier alpha value is -1.48. The summed E-state index contributed by atoms with van der Waals surface area (Å²) in [5.74, 6) is 0.365. The van der Waals surface area contributed by atoms with Crippen molar-refractivity contribution in [3.63, 3.8) is 0 Å². The third-order valence-corrected chi connectivity index (χ3v) is 5.47. The van der Waals surface area contributed by atoms with Gasteiger partial charge in [0.05, 0.1) is 6.04 Å². The zero-order valence-electron chi connectivity index (χ0n) is 12.4. The molecule has 1 aliphatic rings. The molecule has 0 aromatic heterocycles. The van der Waals surface area contributed by atoms with Crippen molar-refractivity contribution in [2.75, 3.05) is 5.32 Å². The lowest BCUT2D eigenvalue weighted by atomic mass is 9.87. The molecule has 2 N–H and O–H groups in total. The number of hydrogen-bond acceptors (Lipinski definition) is 2. The second kappa shape index (κ2) is 5.72. The van der Waals surface area contributed by atoms with Crippen molar-refractivity contribution < 1.29 is 5.11 Å². The summed E-state index contributed by atoms with van der Waals surface area (Å²) in [6.07, 6.45) is 3.34. The normalized spacial score (nSPS) is 17.4. The molecule has 1 atom stereocenters. The Labute approximate surface area is 134 Å². The summed E-state index contributed by atoms with van der Waals surface area (Å²) < 4.78 is 1.18. The van der Waals surface area contributed by atoms with Gasteiger partial charge >= 0.3 is 0 Å². The van der Waals surface area contributed by atoms with Crippen molar-refractivity contribution in [1.82, 2.24) is 0 Å². The lowest BCUT2D eigenvalue weighted by Gasteiger charge is -2.28. The van der Waals surface area contributed by atoms with Crippen molar-refractivity contribution in [2.24, 2.45) is 0 Å². The highest BCUT2D eigenvalue weighted by Gasteiger charge is 2.20. The van der Waals surface area contributed by atoms with Crippen LogP contribution in [0.1, 0.15) is 41.1 Å². The zero-order chi connectivity index (χ0) is 15.0. The number of hydrogen-bond donors (Lipinski definition) is 2. The molecule has 0 spiro atoms. The molecule has 1 unspecified atom stereocenters. The molecule has 2 aromatic rings. The van der Waals surface area contributed by atoms with Crippen LogP contribution >= 0.6 is 15.9 Å². The van der Waals surface area contributed by atoms with Crippen molar-refractivity contribution in [1.29, 1.82) is 0 Å². The molecule has 0 amide bonds. The number of phenols is 1. The van der Waals surface area contributed by atoms with E-state index in [-0.39, 0.29) is 0 Å². The third kappa shape index (κ3) is 2.93. The van der Waals surface area contributed by atoms with E-state index >= 15 is 0 Å². The fourth-order valence-corrected chi connectivity index (χ4v) is 3.41. The number of anilines is 1. The Balaban J connectivity index is 1.90. The van der Waals surface area contributed by atoms with Gasteiger partial charge in [-0.15, -0.1) is 0 Å². The van der Waals surface area contributed by atoms with Gasteiger partial charge in [-0.3, -0.25) is 0 Å². The van der Waals surface area contributed by atoms with Gasteiger partial charge in [-0.25, -0.2) is 0 Å². The molecular weight excluding hydrogens is 326 g/mol. The summed E-state index contributed by atoms with van der Waals surface area (Å²) in [7, 11) is 0. The molecule has 0 heterocycles. The molecule has 3 heteroatoms. The van der Waals surface area contributed by atoms with Gasteiger partial charge in [0.2, 0.25) is 0 Å². The average molecular weight is 346 g/mol. The van der Waals surface area contributed by atoms with Crippen LogP contribution in [0.15, 0.2) is 34.8 Å². The van der Waals surface area contributed by atoms with E-state index in [1.54, 1.807) is 6.07 Å². The first-order valence-electron chi connectivity index (χ1n) is 7.39. The molecular formula is C18H20BrNO. The largest absolute Gasteiger partial charge is 0.508 e. The minimum absolute atomic E-state index is 0.328. The lowest BCUT2D eigenvalue weighted by molar-refractivity contribution is 0.472. The first-order chi connectivity index (χ1) is 10.0. The molecule has 2 aromatic carbocycles. The smallest absolute Gasteiger partial charge is 0.115 e. The number of phenolic OH excluding ortho intramolecular Hbond substituents is 1. The van der Waals surface area contributed by atoms with E-state index < -0.39 is 0 Å². The fourth-order valence-electron chi connectivity index (χ4n) is 3.18. The molecule has 0 radical (unpaired) electrons. The molecule has 1 aliphatic carbocycles. The maximum Gasteiger partial charge on any atom is 0.115 e. The number of aryl methyl sites for hydroxylation is 3. The second-order valence-corrected chi connectivity index (χ2v) is 6.69. The van der Waals surface area contributed by atoms with E-state index in [4.69, 9.17) is 0 Å². The summed E-state index contributed by atoms with van der Waals surface area (Å²) >= 11 is 3.62. The average Bonchev–Trinajstić information content (AvgIpc) is 2.44.